The van der Waals surface area contributed by atoms with Gasteiger partial charge >= 0.3 is 0 Å². The Morgan fingerprint density at radius 3 is 2.62 bits per heavy atom. The summed E-state index contributed by atoms with van der Waals surface area (Å²) in [5.41, 5.74) is 8.80. The fraction of sp³-hybridized carbons (Fsp3) is 0.455. The number of aryl methyl sites for hydroxylation is 1. The Bertz CT molecular complexity index is 329. The zero-order valence-corrected chi connectivity index (χ0v) is 8.95. The average molecular weight is 193 g/mol. The maximum atomic E-state index is 6.13. The molecule has 0 amide bonds. The molecule has 1 aliphatic carbocycles. The number of benzene rings is 1. The third kappa shape index (κ3) is 1.61. The van der Waals surface area contributed by atoms with Crippen molar-refractivity contribution in [2.75, 3.05) is 6.26 Å². The molecule has 13 heavy (non-hydrogen) atoms. The second-order valence-electron chi connectivity index (χ2n) is 3.84. The van der Waals surface area contributed by atoms with E-state index in [1.807, 2.05) is 0 Å². The Labute approximate surface area is 83.7 Å². The molecule has 1 nitrogen and oxygen atoms in total. The van der Waals surface area contributed by atoms with E-state index >= 15 is 0 Å². The molecule has 0 bridgehead atoms. The highest BCUT2D eigenvalue weighted by molar-refractivity contribution is 7.98. The van der Waals surface area contributed by atoms with Crippen molar-refractivity contribution in [2.24, 2.45) is 5.73 Å². The molecular weight excluding hydrogens is 178 g/mol. The molecule has 1 aromatic rings. The van der Waals surface area contributed by atoms with Gasteiger partial charge in [-0.3, -0.25) is 0 Å². The number of hydrogen-bond acceptors (Lipinski definition) is 2. The molecule has 1 fully saturated rings. The quantitative estimate of drug-likeness (QED) is 0.731. The Morgan fingerprint density at radius 1 is 1.38 bits per heavy atom. The van der Waals surface area contributed by atoms with Crippen LogP contribution >= 0.6 is 11.8 Å². The summed E-state index contributed by atoms with van der Waals surface area (Å²) in [6, 6.07) is 6.59. The van der Waals surface area contributed by atoms with E-state index < -0.39 is 0 Å². The first kappa shape index (κ1) is 9.10. The van der Waals surface area contributed by atoms with Crippen LogP contribution < -0.4 is 5.73 Å². The summed E-state index contributed by atoms with van der Waals surface area (Å²) in [5.74, 6) is 0. The summed E-state index contributed by atoms with van der Waals surface area (Å²) in [5, 5.41) is 0. The van der Waals surface area contributed by atoms with Gasteiger partial charge < -0.3 is 5.73 Å². The van der Waals surface area contributed by atoms with Crippen molar-refractivity contribution in [3.63, 3.8) is 0 Å². The number of nitrogens with two attached hydrogens (primary N) is 1. The van der Waals surface area contributed by atoms with Crippen molar-refractivity contribution < 1.29 is 0 Å². The second-order valence-corrected chi connectivity index (χ2v) is 4.69. The molecule has 0 spiro atoms. The van der Waals surface area contributed by atoms with E-state index in [9.17, 15) is 0 Å². The normalized spacial score (nSPS) is 18.7. The van der Waals surface area contributed by atoms with E-state index in [2.05, 4.69) is 31.4 Å². The van der Waals surface area contributed by atoms with Crippen LogP contribution in [0.15, 0.2) is 23.1 Å². The van der Waals surface area contributed by atoms with Crippen LogP contribution in [-0.2, 0) is 5.54 Å². The van der Waals surface area contributed by atoms with Crippen molar-refractivity contribution in [3.05, 3.63) is 29.3 Å². The summed E-state index contributed by atoms with van der Waals surface area (Å²) in [4.78, 5) is 1.36. The highest BCUT2D eigenvalue weighted by atomic mass is 32.2. The van der Waals surface area contributed by atoms with Gasteiger partial charge in [-0.2, -0.15) is 0 Å². The van der Waals surface area contributed by atoms with Crippen LogP contribution in [0.25, 0.3) is 0 Å². The largest absolute Gasteiger partial charge is 0.321 e. The predicted octanol–water partition coefficient (Wildman–Crippen LogP) is 2.66. The van der Waals surface area contributed by atoms with Gasteiger partial charge in [-0.1, -0.05) is 12.1 Å². The standard InChI is InChI=1S/C11H15NS/c1-8-3-4-9(7-10(8)13-2)11(12)5-6-11/h3-4,7H,5-6,12H2,1-2H3. The first-order chi connectivity index (χ1) is 6.15. The minimum absolute atomic E-state index is 0.0121. The van der Waals surface area contributed by atoms with Gasteiger partial charge in [0.25, 0.3) is 0 Å². The topological polar surface area (TPSA) is 26.0 Å². The lowest BCUT2D eigenvalue weighted by atomic mass is 10.0. The van der Waals surface area contributed by atoms with Gasteiger partial charge in [-0.05, 0) is 43.2 Å². The summed E-state index contributed by atoms with van der Waals surface area (Å²) in [6.07, 6.45) is 4.40. The van der Waals surface area contributed by atoms with Crippen LogP contribution in [0, 0.1) is 6.92 Å². The van der Waals surface area contributed by atoms with Gasteiger partial charge in [-0.25, -0.2) is 0 Å². The average Bonchev–Trinajstić information content (AvgIpc) is 2.86. The third-order valence-corrected chi connectivity index (χ3v) is 3.65. The zero-order valence-electron chi connectivity index (χ0n) is 8.13. The molecular formula is C11H15NS. The Balaban J connectivity index is 2.39. The molecule has 1 aromatic carbocycles. The van der Waals surface area contributed by atoms with Gasteiger partial charge in [0.1, 0.15) is 0 Å². The molecule has 0 atom stereocenters. The molecule has 0 heterocycles. The van der Waals surface area contributed by atoms with Gasteiger partial charge in [0.05, 0.1) is 0 Å². The first-order valence-corrected chi connectivity index (χ1v) is 5.82. The molecule has 2 N–H and O–H groups in total. The van der Waals surface area contributed by atoms with Crippen LogP contribution in [-0.4, -0.2) is 6.26 Å². The minimum atomic E-state index is 0.0121. The van der Waals surface area contributed by atoms with E-state index in [-0.39, 0.29) is 5.54 Å². The second kappa shape index (κ2) is 3.03. The van der Waals surface area contributed by atoms with E-state index in [1.165, 1.54) is 16.0 Å². The van der Waals surface area contributed by atoms with Gasteiger partial charge in [0.2, 0.25) is 0 Å². The lowest BCUT2D eigenvalue weighted by molar-refractivity contribution is 0.736. The summed E-state index contributed by atoms with van der Waals surface area (Å²) in [7, 11) is 0. The van der Waals surface area contributed by atoms with Crippen LogP contribution in [0.5, 0.6) is 0 Å². The van der Waals surface area contributed by atoms with Gasteiger partial charge in [0, 0.05) is 10.4 Å². The van der Waals surface area contributed by atoms with Crippen molar-refractivity contribution in [1.82, 2.24) is 0 Å². The molecule has 1 aliphatic rings. The Kier molecular flexibility index (Phi) is 2.12. The van der Waals surface area contributed by atoms with Crippen molar-refractivity contribution in [2.45, 2.75) is 30.2 Å². The molecule has 2 heteroatoms. The fourth-order valence-corrected chi connectivity index (χ4v) is 2.19. The van der Waals surface area contributed by atoms with Crippen LogP contribution in [0.1, 0.15) is 24.0 Å². The summed E-state index contributed by atoms with van der Waals surface area (Å²) in [6.45, 7) is 2.14. The maximum absolute atomic E-state index is 6.13. The third-order valence-electron chi connectivity index (χ3n) is 2.77. The Hall–Kier alpha value is -0.470. The number of thioether (sulfide) groups is 1. The van der Waals surface area contributed by atoms with E-state index in [4.69, 9.17) is 5.73 Å². The van der Waals surface area contributed by atoms with Gasteiger partial charge in [0.15, 0.2) is 0 Å². The highest BCUT2D eigenvalue weighted by Gasteiger charge is 2.39. The van der Waals surface area contributed by atoms with Crippen molar-refractivity contribution in [1.29, 1.82) is 0 Å². The lowest BCUT2D eigenvalue weighted by Crippen LogP contribution is -2.18. The molecule has 0 radical (unpaired) electrons. The van der Waals surface area contributed by atoms with E-state index in [0.717, 1.165) is 12.8 Å². The number of rotatable bonds is 2. The smallest absolute Gasteiger partial charge is 0.0411 e. The van der Waals surface area contributed by atoms with Crippen LogP contribution in [0.3, 0.4) is 0 Å². The number of hydrogen-bond donors (Lipinski definition) is 1. The molecule has 70 valence electrons. The van der Waals surface area contributed by atoms with Crippen molar-refractivity contribution >= 4 is 11.8 Å². The molecule has 0 aromatic heterocycles. The monoisotopic (exact) mass is 193 g/mol. The summed E-state index contributed by atoms with van der Waals surface area (Å²) < 4.78 is 0. The first-order valence-electron chi connectivity index (χ1n) is 4.60. The highest BCUT2D eigenvalue weighted by Crippen LogP contribution is 2.43. The van der Waals surface area contributed by atoms with Crippen LogP contribution in [0.4, 0.5) is 0 Å². The molecule has 0 unspecified atom stereocenters. The lowest BCUT2D eigenvalue weighted by Gasteiger charge is -2.11. The SMILES string of the molecule is CSc1cc(C2(N)CC2)ccc1C. The molecule has 2 rings (SSSR count). The molecule has 0 saturated heterocycles. The van der Waals surface area contributed by atoms with E-state index in [0.29, 0.717) is 0 Å². The van der Waals surface area contributed by atoms with E-state index in [1.54, 1.807) is 11.8 Å². The maximum Gasteiger partial charge on any atom is 0.0411 e. The molecule has 1 saturated carbocycles. The fourth-order valence-electron chi connectivity index (χ4n) is 1.55. The molecule has 0 aliphatic heterocycles. The Morgan fingerprint density at radius 2 is 2.08 bits per heavy atom. The van der Waals surface area contributed by atoms with Crippen LogP contribution in [0.2, 0.25) is 0 Å². The zero-order chi connectivity index (χ0) is 9.47. The minimum Gasteiger partial charge on any atom is -0.321 e. The van der Waals surface area contributed by atoms with Crippen molar-refractivity contribution in [3.8, 4) is 0 Å². The van der Waals surface area contributed by atoms with Gasteiger partial charge in [-0.15, -0.1) is 11.8 Å². The summed E-state index contributed by atoms with van der Waals surface area (Å²) >= 11 is 1.80. The predicted molar refractivity (Wildman–Crippen MR) is 58.1 cm³/mol.